The van der Waals surface area contributed by atoms with E-state index in [-0.39, 0.29) is 5.75 Å². The Morgan fingerprint density at radius 2 is 2.07 bits per heavy atom. The molecule has 0 radical (unpaired) electrons. The lowest BCUT2D eigenvalue weighted by Crippen LogP contribution is -1.91. The molecule has 2 nitrogen and oxygen atoms in total. The number of benzene rings is 1. The Morgan fingerprint density at radius 1 is 1.33 bits per heavy atom. The van der Waals surface area contributed by atoms with Crippen molar-refractivity contribution < 1.29 is 9.13 Å². The van der Waals surface area contributed by atoms with Gasteiger partial charge < -0.3 is 4.74 Å². The molecule has 0 saturated carbocycles. The molecule has 1 heterocycles. The SMILES string of the molecule is COc1cc2c(Cl)cc(C)nc2cc1F. The van der Waals surface area contributed by atoms with Crippen molar-refractivity contribution in [2.45, 2.75) is 6.92 Å². The minimum Gasteiger partial charge on any atom is -0.494 e. The van der Waals surface area contributed by atoms with Crippen molar-refractivity contribution >= 4 is 22.5 Å². The van der Waals surface area contributed by atoms with Crippen LogP contribution in [-0.4, -0.2) is 12.1 Å². The van der Waals surface area contributed by atoms with Crippen LogP contribution >= 0.6 is 11.6 Å². The average molecular weight is 226 g/mol. The van der Waals surface area contributed by atoms with Gasteiger partial charge in [-0.1, -0.05) is 11.6 Å². The van der Waals surface area contributed by atoms with Crippen LogP contribution < -0.4 is 4.74 Å². The molecule has 0 aliphatic carbocycles. The van der Waals surface area contributed by atoms with Crippen LogP contribution in [0.3, 0.4) is 0 Å². The molecule has 0 N–H and O–H groups in total. The van der Waals surface area contributed by atoms with Crippen LogP contribution in [0.25, 0.3) is 10.9 Å². The third-order valence-corrected chi connectivity index (χ3v) is 2.47. The second-order valence-corrected chi connectivity index (χ2v) is 3.66. The van der Waals surface area contributed by atoms with Gasteiger partial charge in [-0.05, 0) is 19.1 Å². The predicted molar refractivity (Wildman–Crippen MR) is 58.0 cm³/mol. The van der Waals surface area contributed by atoms with Gasteiger partial charge in [0.1, 0.15) is 0 Å². The van der Waals surface area contributed by atoms with Gasteiger partial charge in [0.2, 0.25) is 0 Å². The maximum Gasteiger partial charge on any atom is 0.167 e. The molecule has 0 aliphatic rings. The highest BCUT2D eigenvalue weighted by atomic mass is 35.5. The molecule has 2 rings (SSSR count). The van der Waals surface area contributed by atoms with Crippen molar-refractivity contribution in [2.24, 2.45) is 0 Å². The van der Waals surface area contributed by atoms with E-state index in [0.29, 0.717) is 15.9 Å². The molecule has 0 bridgehead atoms. The van der Waals surface area contributed by atoms with E-state index < -0.39 is 5.82 Å². The zero-order chi connectivity index (χ0) is 11.0. The number of aromatic nitrogens is 1. The average Bonchev–Trinajstić information content (AvgIpc) is 2.16. The summed E-state index contributed by atoms with van der Waals surface area (Å²) in [5.74, 6) is -0.255. The summed E-state index contributed by atoms with van der Waals surface area (Å²) >= 11 is 6.03. The highest BCUT2D eigenvalue weighted by Crippen LogP contribution is 2.29. The highest BCUT2D eigenvalue weighted by Gasteiger charge is 2.08. The van der Waals surface area contributed by atoms with Gasteiger partial charge in [-0.3, -0.25) is 4.98 Å². The molecule has 1 aromatic carbocycles. The summed E-state index contributed by atoms with van der Waals surface area (Å²) in [6.45, 7) is 1.81. The van der Waals surface area contributed by atoms with E-state index in [1.165, 1.54) is 13.2 Å². The van der Waals surface area contributed by atoms with Crippen LogP contribution in [0.1, 0.15) is 5.69 Å². The Morgan fingerprint density at radius 3 is 2.73 bits per heavy atom. The molecule has 1 aromatic heterocycles. The zero-order valence-electron chi connectivity index (χ0n) is 8.34. The molecular weight excluding hydrogens is 217 g/mol. The summed E-state index contributed by atoms with van der Waals surface area (Å²) in [6.07, 6.45) is 0. The van der Waals surface area contributed by atoms with Crippen molar-refractivity contribution in [3.63, 3.8) is 0 Å². The molecule has 0 aliphatic heterocycles. The fourth-order valence-electron chi connectivity index (χ4n) is 1.47. The lowest BCUT2D eigenvalue weighted by molar-refractivity contribution is 0.387. The number of nitrogens with zero attached hydrogens (tertiary/aromatic N) is 1. The smallest absolute Gasteiger partial charge is 0.167 e. The zero-order valence-corrected chi connectivity index (χ0v) is 9.10. The Balaban J connectivity index is 2.81. The lowest BCUT2D eigenvalue weighted by Gasteiger charge is -2.06. The number of pyridine rings is 1. The quantitative estimate of drug-likeness (QED) is 0.743. The van der Waals surface area contributed by atoms with E-state index in [2.05, 4.69) is 4.98 Å². The number of fused-ring (bicyclic) bond motifs is 1. The van der Waals surface area contributed by atoms with E-state index >= 15 is 0 Å². The Bertz CT molecular complexity index is 527. The highest BCUT2D eigenvalue weighted by molar-refractivity contribution is 6.35. The van der Waals surface area contributed by atoms with Crippen molar-refractivity contribution in [3.05, 3.63) is 34.7 Å². The summed E-state index contributed by atoms with van der Waals surface area (Å²) in [5.41, 5.74) is 1.30. The fourth-order valence-corrected chi connectivity index (χ4v) is 1.78. The summed E-state index contributed by atoms with van der Waals surface area (Å²) < 4.78 is 18.3. The Hall–Kier alpha value is -1.35. The first kappa shape index (κ1) is 10.2. The third-order valence-electron chi connectivity index (χ3n) is 2.16. The second kappa shape index (κ2) is 3.66. The number of hydrogen-bond acceptors (Lipinski definition) is 2. The first-order valence-electron chi connectivity index (χ1n) is 4.42. The van der Waals surface area contributed by atoms with E-state index in [0.717, 1.165) is 5.69 Å². The third kappa shape index (κ3) is 1.75. The lowest BCUT2D eigenvalue weighted by atomic mass is 10.2. The molecule has 0 unspecified atom stereocenters. The number of aryl methyl sites for hydroxylation is 1. The molecule has 78 valence electrons. The van der Waals surface area contributed by atoms with Gasteiger partial charge in [-0.2, -0.15) is 0 Å². The van der Waals surface area contributed by atoms with Gasteiger partial charge >= 0.3 is 0 Å². The summed E-state index contributed by atoms with van der Waals surface area (Å²) in [6, 6.07) is 4.62. The van der Waals surface area contributed by atoms with Gasteiger partial charge in [0.05, 0.1) is 17.6 Å². The first-order chi connectivity index (χ1) is 7.11. The summed E-state index contributed by atoms with van der Waals surface area (Å²) in [4.78, 5) is 4.19. The number of methoxy groups -OCH3 is 1. The van der Waals surface area contributed by atoms with E-state index in [4.69, 9.17) is 16.3 Å². The molecule has 15 heavy (non-hydrogen) atoms. The molecular formula is C11H9ClFNO. The molecule has 0 fully saturated rings. The minimum absolute atomic E-state index is 0.176. The van der Waals surface area contributed by atoms with Crippen LogP contribution in [0.4, 0.5) is 4.39 Å². The normalized spacial score (nSPS) is 10.7. The standard InChI is InChI=1S/C11H9ClFNO/c1-6-3-8(12)7-4-11(15-2)9(13)5-10(7)14-6/h3-5H,1-2H3. The molecule has 0 atom stereocenters. The van der Waals surface area contributed by atoms with Crippen LogP contribution in [-0.2, 0) is 0 Å². The van der Waals surface area contributed by atoms with Crippen LogP contribution in [0.15, 0.2) is 18.2 Å². The number of halogens is 2. The molecule has 4 heteroatoms. The Labute approximate surface area is 91.6 Å². The minimum atomic E-state index is -0.431. The largest absolute Gasteiger partial charge is 0.494 e. The first-order valence-corrected chi connectivity index (χ1v) is 4.80. The van der Waals surface area contributed by atoms with E-state index in [1.54, 1.807) is 12.1 Å². The molecule has 0 spiro atoms. The predicted octanol–water partition coefficient (Wildman–Crippen LogP) is 3.34. The van der Waals surface area contributed by atoms with Crippen LogP contribution in [0.5, 0.6) is 5.75 Å². The van der Waals surface area contributed by atoms with Gasteiger partial charge in [0.15, 0.2) is 11.6 Å². The number of ether oxygens (including phenoxy) is 1. The van der Waals surface area contributed by atoms with Gasteiger partial charge in [-0.25, -0.2) is 4.39 Å². The van der Waals surface area contributed by atoms with Crippen LogP contribution in [0, 0.1) is 12.7 Å². The molecule has 0 amide bonds. The maximum atomic E-state index is 13.4. The van der Waals surface area contributed by atoms with Gasteiger partial charge in [-0.15, -0.1) is 0 Å². The van der Waals surface area contributed by atoms with Crippen molar-refractivity contribution in [2.75, 3.05) is 7.11 Å². The molecule has 2 aromatic rings. The van der Waals surface area contributed by atoms with Crippen LogP contribution in [0.2, 0.25) is 5.02 Å². The van der Waals surface area contributed by atoms with Gasteiger partial charge in [0.25, 0.3) is 0 Å². The monoisotopic (exact) mass is 225 g/mol. The van der Waals surface area contributed by atoms with Crippen molar-refractivity contribution in [1.29, 1.82) is 0 Å². The van der Waals surface area contributed by atoms with Crippen molar-refractivity contribution in [3.8, 4) is 5.75 Å². The maximum absolute atomic E-state index is 13.4. The topological polar surface area (TPSA) is 22.1 Å². The van der Waals surface area contributed by atoms with E-state index in [9.17, 15) is 4.39 Å². The molecule has 0 saturated heterocycles. The van der Waals surface area contributed by atoms with E-state index in [1.807, 2.05) is 6.92 Å². The summed E-state index contributed by atoms with van der Waals surface area (Å²) in [5, 5.41) is 1.25. The fraction of sp³-hybridized carbons (Fsp3) is 0.182. The number of rotatable bonds is 1. The Kier molecular flexibility index (Phi) is 2.49. The van der Waals surface area contributed by atoms with Crippen molar-refractivity contribution in [1.82, 2.24) is 4.98 Å². The number of hydrogen-bond donors (Lipinski definition) is 0. The van der Waals surface area contributed by atoms with Gasteiger partial charge in [0, 0.05) is 17.1 Å². The summed E-state index contributed by atoms with van der Waals surface area (Å²) in [7, 11) is 1.42. The second-order valence-electron chi connectivity index (χ2n) is 3.25.